The Morgan fingerprint density at radius 1 is 1.09 bits per heavy atom. The quantitative estimate of drug-likeness (QED) is 0.235. The van der Waals surface area contributed by atoms with Crippen LogP contribution in [0.2, 0.25) is 0 Å². The van der Waals surface area contributed by atoms with Crippen LogP contribution in [0.25, 0.3) is 10.2 Å². The number of para-hydroxylation sites is 1. The second kappa shape index (κ2) is 13.5. The lowest BCUT2D eigenvalue weighted by molar-refractivity contribution is -0.127. The molecule has 2 saturated heterocycles. The van der Waals surface area contributed by atoms with Gasteiger partial charge in [0.1, 0.15) is 21.2 Å². The van der Waals surface area contributed by atoms with Crippen molar-refractivity contribution in [2.24, 2.45) is 0 Å². The SMILES string of the molecule is Cc1cc(Oc2ccccc2)ccc1N1C(=O)Nc2c(C(=O)N[C@@H]3CCCN(C(=O)/C=C/CN4CCOCC4)C3)sc3nccc1c23. The summed E-state index contributed by atoms with van der Waals surface area (Å²) in [6.07, 6.45) is 6.75. The number of ether oxygens (including phenoxy) is 2. The molecule has 0 spiro atoms. The fourth-order valence-electron chi connectivity index (χ4n) is 6.29. The number of benzene rings is 2. The number of carbonyl (C=O) groups excluding carboxylic acids is 3. The molecule has 2 fully saturated rings. The molecule has 3 aliphatic rings. The molecule has 4 amide bonds. The first-order valence-corrected chi connectivity index (χ1v) is 16.7. The molecule has 47 heavy (non-hydrogen) atoms. The highest BCUT2D eigenvalue weighted by atomic mass is 32.1. The molecule has 2 aromatic heterocycles. The number of likely N-dealkylation sites (tertiary alicyclic amines) is 1. The highest BCUT2D eigenvalue weighted by Gasteiger charge is 2.34. The predicted octanol–water partition coefficient (Wildman–Crippen LogP) is 5.69. The standard InChI is InChI=1S/C35H36N6O5S/c1-23-21-26(46-25-8-3-2-4-9-25)11-12-27(23)41-28-13-14-36-34-30(28)31(38-35(41)44)32(47-34)33(43)37-24-7-5-16-40(22-24)29(42)10-6-15-39-17-19-45-20-18-39/h2-4,6,8-14,21,24H,5,7,15-20,22H2,1H3,(H,37,43)(H,38,44)/b10-6+/t24-/m1/s1. The summed E-state index contributed by atoms with van der Waals surface area (Å²) >= 11 is 1.25. The van der Waals surface area contributed by atoms with E-state index in [4.69, 9.17) is 9.47 Å². The molecule has 0 bridgehead atoms. The molecule has 3 aliphatic heterocycles. The van der Waals surface area contributed by atoms with Gasteiger partial charge in [-0.1, -0.05) is 24.3 Å². The number of rotatable bonds is 8. The smallest absolute Gasteiger partial charge is 0.331 e. The van der Waals surface area contributed by atoms with Crippen molar-refractivity contribution >= 4 is 56.5 Å². The Labute approximate surface area is 276 Å². The summed E-state index contributed by atoms with van der Waals surface area (Å²) in [6, 6.07) is 16.3. The van der Waals surface area contributed by atoms with E-state index >= 15 is 0 Å². The highest BCUT2D eigenvalue weighted by Crippen LogP contribution is 2.46. The molecule has 11 nitrogen and oxygen atoms in total. The Morgan fingerprint density at radius 2 is 1.91 bits per heavy atom. The number of carbonyl (C=O) groups is 3. The summed E-state index contributed by atoms with van der Waals surface area (Å²) in [5.41, 5.74) is 2.66. The van der Waals surface area contributed by atoms with Crippen LogP contribution >= 0.6 is 11.3 Å². The minimum Gasteiger partial charge on any atom is -0.457 e. The van der Waals surface area contributed by atoms with Crippen LogP contribution in [0.1, 0.15) is 28.1 Å². The Bertz CT molecular complexity index is 1840. The largest absolute Gasteiger partial charge is 0.457 e. The number of aromatic nitrogens is 1. The molecule has 0 radical (unpaired) electrons. The number of hydrogen-bond donors (Lipinski definition) is 2. The van der Waals surface area contributed by atoms with Gasteiger partial charge in [-0.3, -0.25) is 19.4 Å². The third-order valence-corrected chi connectivity index (χ3v) is 9.73. The second-order valence-corrected chi connectivity index (χ2v) is 12.9. The van der Waals surface area contributed by atoms with E-state index in [1.165, 1.54) is 11.3 Å². The van der Waals surface area contributed by atoms with Crippen LogP contribution in [0.4, 0.5) is 21.9 Å². The first kappa shape index (κ1) is 30.9. The molecule has 12 heteroatoms. The molecule has 4 aromatic rings. The molecule has 242 valence electrons. The van der Waals surface area contributed by atoms with Gasteiger partial charge in [-0.2, -0.15) is 0 Å². The predicted molar refractivity (Wildman–Crippen MR) is 182 cm³/mol. The third-order valence-electron chi connectivity index (χ3n) is 8.64. The number of urea groups is 1. The number of pyridine rings is 1. The van der Waals surface area contributed by atoms with Crippen LogP contribution in [0, 0.1) is 6.92 Å². The minimum atomic E-state index is -0.365. The van der Waals surface area contributed by atoms with Crippen LogP contribution < -0.4 is 20.3 Å². The van der Waals surface area contributed by atoms with Crippen LogP contribution in [0.15, 0.2) is 72.9 Å². The first-order chi connectivity index (χ1) is 22.9. The summed E-state index contributed by atoms with van der Waals surface area (Å²) in [6.45, 7) is 6.89. The van der Waals surface area contributed by atoms with Crippen LogP contribution in [0.5, 0.6) is 11.5 Å². The molecule has 0 aliphatic carbocycles. The Kier molecular flexibility index (Phi) is 8.88. The zero-order chi connectivity index (χ0) is 32.3. The summed E-state index contributed by atoms with van der Waals surface area (Å²) in [4.78, 5) is 51.5. The van der Waals surface area contributed by atoms with E-state index in [1.807, 2.05) is 61.5 Å². The molecular weight excluding hydrogens is 616 g/mol. The summed E-state index contributed by atoms with van der Waals surface area (Å²) in [5.74, 6) is 1.05. The topological polar surface area (TPSA) is 116 Å². The van der Waals surface area contributed by atoms with E-state index in [0.29, 0.717) is 52.2 Å². The van der Waals surface area contributed by atoms with E-state index in [1.54, 1.807) is 28.1 Å². The van der Waals surface area contributed by atoms with E-state index in [2.05, 4.69) is 20.5 Å². The Morgan fingerprint density at radius 3 is 2.72 bits per heavy atom. The van der Waals surface area contributed by atoms with Crippen molar-refractivity contribution in [2.75, 3.05) is 56.2 Å². The van der Waals surface area contributed by atoms with Gasteiger partial charge in [0, 0.05) is 51.0 Å². The zero-order valence-electron chi connectivity index (χ0n) is 26.1. The van der Waals surface area contributed by atoms with Crippen molar-refractivity contribution in [1.82, 2.24) is 20.1 Å². The van der Waals surface area contributed by atoms with Gasteiger partial charge in [-0.05, 0) is 61.7 Å². The van der Waals surface area contributed by atoms with Crippen LogP contribution in [-0.2, 0) is 9.53 Å². The Hall–Kier alpha value is -4.78. The number of hydrogen-bond acceptors (Lipinski definition) is 8. The van der Waals surface area contributed by atoms with Crippen molar-refractivity contribution in [3.63, 3.8) is 0 Å². The van der Waals surface area contributed by atoms with E-state index in [-0.39, 0.29) is 23.9 Å². The fraction of sp³-hybridized carbons (Fsp3) is 0.314. The normalized spacial score (nSPS) is 18.4. The number of amides is 4. The van der Waals surface area contributed by atoms with Gasteiger partial charge in [-0.25, -0.2) is 9.78 Å². The van der Waals surface area contributed by atoms with E-state index in [0.717, 1.165) is 55.8 Å². The third kappa shape index (κ3) is 6.57. The van der Waals surface area contributed by atoms with E-state index < -0.39 is 0 Å². The maximum atomic E-state index is 13.7. The molecule has 2 N–H and O–H groups in total. The first-order valence-electron chi connectivity index (χ1n) is 15.9. The van der Waals surface area contributed by atoms with Crippen molar-refractivity contribution < 1.29 is 23.9 Å². The maximum absolute atomic E-state index is 13.7. The number of anilines is 3. The lowest BCUT2D eigenvalue weighted by Gasteiger charge is -2.33. The number of thiophene rings is 1. The lowest BCUT2D eigenvalue weighted by atomic mass is 10.0. The second-order valence-electron chi connectivity index (χ2n) is 11.9. The number of nitrogens with zero attached hydrogens (tertiary/aromatic N) is 4. The Balaban J connectivity index is 1.06. The van der Waals surface area contributed by atoms with Gasteiger partial charge in [-0.15, -0.1) is 11.3 Å². The molecular formula is C35H36N6O5S. The van der Waals surface area contributed by atoms with Gasteiger partial charge < -0.3 is 25.0 Å². The molecule has 1 atom stereocenters. The van der Waals surface area contributed by atoms with Crippen LogP contribution in [0.3, 0.4) is 0 Å². The summed E-state index contributed by atoms with van der Waals surface area (Å²) in [7, 11) is 0. The minimum absolute atomic E-state index is 0.0506. The lowest BCUT2D eigenvalue weighted by Crippen LogP contribution is -2.49. The van der Waals surface area contributed by atoms with Crippen molar-refractivity contribution in [3.05, 3.63) is 83.4 Å². The van der Waals surface area contributed by atoms with Gasteiger partial charge in [0.15, 0.2) is 0 Å². The van der Waals surface area contributed by atoms with Gasteiger partial charge in [0.25, 0.3) is 5.91 Å². The van der Waals surface area contributed by atoms with Crippen molar-refractivity contribution in [3.8, 4) is 11.5 Å². The number of nitrogens with one attached hydrogen (secondary N) is 2. The van der Waals surface area contributed by atoms with Gasteiger partial charge in [0.05, 0.1) is 35.7 Å². The van der Waals surface area contributed by atoms with Gasteiger partial charge >= 0.3 is 6.03 Å². The molecule has 7 rings (SSSR count). The van der Waals surface area contributed by atoms with Gasteiger partial charge in [0.2, 0.25) is 5.91 Å². The van der Waals surface area contributed by atoms with E-state index in [9.17, 15) is 14.4 Å². The number of piperidine rings is 1. The molecule has 2 aromatic carbocycles. The molecule has 0 saturated carbocycles. The number of morpholine rings is 1. The van der Waals surface area contributed by atoms with Crippen molar-refractivity contribution in [1.29, 1.82) is 0 Å². The average Bonchev–Trinajstić information content (AvgIpc) is 3.46. The summed E-state index contributed by atoms with van der Waals surface area (Å²) in [5, 5.41) is 6.82. The molecule has 5 heterocycles. The fourth-order valence-corrected chi connectivity index (χ4v) is 7.31. The zero-order valence-corrected chi connectivity index (χ0v) is 26.9. The highest BCUT2D eigenvalue weighted by molar-refractivity contribution is 7.21. The number of aryl methyl sites for hydroxylation is 1. The summed E-state index contributed by atoms with van der Waals surface area (Å²) < 4.78 is 11.4. The van der Waals surface area contributed by atoms with Crippen molar-refractivity contribution in [2.45, 2.75) is 25.8 Å². The average molecular weight is 653 g/mol. The maximum Gasteiger partial charge on any atom is 0.331 e. The molecule has 0 unspecified atom stereocenters. The van der Waals surface area contributed by atoms with Crippen LogP contribution in [-0.4, -0.2) is 84.6 Å². The monoisotopic (exact) mass is 652 g/mol.